The molecule has 0 bridgehead atoms. The molecule has 1 aliphatic rings. The number of benzene rings is 1. The van der Waals surface area contributed by atoms with E-state index in [-0.39, 0.29) is 0 Å². The molecular weight excluding hydrogens is 326 g/mol. The third kappa shape index (κ3) is 4.18. The van der Waals surface area contributed by atoms with Gasteiger partial charge in [-0.15, -0.1) is 0 Å². The number of aryl methyl sites for hydroxylation is 1. The number of aromatic nitrogens is 2. The van der Waals surface area contributed by atoms with Crippen LogP contribution in [0.3, 0.4) is 0 Å². The predicted octanol–water partition coefficient (Wildman–Crippen LogP) is 3.33. The van der Waals surface area contributed by atoms with Gasteiger partial charge in [-0.3, -0.25) is 0 Å². The highest BCUT2D eigenvalue weighted by atomic mass is 16.5. The molecule has 1 aromatic carbocycles. The number of nitrogens with zero attached hydrogens (tertiary/aromatic N) is 4. The average molecular weight is 355 g/mol. The van der Waals surface area contributed by atoms with Crippen molar-refractivity contribution in [2.24, 2.45) is 0 Å². The number of para-hydroxylation sites is 2. The van der Waals surface area contributed by atoms with Gasteiger partial charge in [0.05, 0.1) is 12.8 Å². The first-order valence-electron chi connectivity index (χ1n) is 9.36. The van der Waals surface area contributed by atoms with Gasteiger partial charge in [0.1, 0.15) is 11.6 Å². The van der Waals surface area contributed by atoms with Crippen LogP contribution in [0.1, 0.15) is 26.0 Å². The van der Waals surface area contributed by atoms with Crippen LogP contribution in [-0.4, -0.2) is 49.3 Å². The summed E-state index contributed by atoms with van der Waals surface area (Å²) in [7, 11) is 1.73. The molecule has 6 heteroatoms. The largest absolute Gasteiger partial charge is 0.495 e. The van der Waals surface area contributed by atoms with E-state index in [1.165, 1.54) is 0 Å². The second-order valence-corrected chi connectivity index (χ2v) is 6.79. The van der Waals surface area contributed by atoms with Crippen molar-refractivity contribution in [1.82, 2.24) is 9.97 Å². The fraction of sp³-hybridized carbons (Fsp3) is 0.500. The second-order valence-electron chi connectivity index (χ2n) is 6.79. The van der Waals surface area contributed by atoms with Crippen LogP contribution in [0.15, 0.2) is 30.3 Å². The standard InChI is InChI=1S/C20H29N5O/c1-5-15(2)21-20-22-16(3)14-19(23-20)25-12-10-24(11-13-25)17-8-6-7-9-18(17)26-4/h6-9,14-15H,5,10-13H2,1-4H3,(H,21,22,23). The Morgan fingerprint density at radius 1 is 1.12 bits per heavy atom. The molecule has 0 aliphatic carbocycles. The highest BCUT2D eigenvalue weighted by Gasteiger charge is 2.21. The van der Waals surface area contributed by atoms with Gasteiger partial charge in [0.2, 0.25) is 5.95 Å². The number of hydrogen-bond donors (Lipinski definition) is 1. The Morgan fingerprint density at radius 2 is 1.81 bits per heavy atom. The Labute approximate surface area is 156 Å². The van der Waals surface area contributed by atoms with Crippen LogP contribution in [0, 0.1) is 6.92 Å². The molecule has 3 rings (SSSR count). The monoisotopic (exact) mass is 355 g/mol. The summed E-state index contributed by atoms with van der Waals surface area (Å²) in [6.07, 6.45) is 1.05. The zero-order valence-corrected chi connectivity index (χ0v) is 16.2. The molecule has 1 atom stereocenters. The Morgan fingerprint density at radius 3 is 2.50 bits per heavy atom. The summed E-state index contributed by atoms with van der Waals surface area (Å²) in [6, 6.07) is 10.6. The van der Waals surface area contributed by atoms with Crippen LogP contribution in [0.5, 0.6) is 5.75 Å². The quantitative estimate of drug-likeness (QED) is 0.858. The summed E-state index contributed by atoms with van der Waals surface area (Å²) >= 11 is 0. The molecule has 1 aliphatic heterocycles. The highest BCUT2D eigenvalue weighted by Crippen LogP contribution is 2.29. The normalized spacial score (nSPS) is 15.7. The first-order chi connectivity index (χ1) is 12.6. The highest BCUT2D eigenvalue weighted by molar-refractivity contribution is 5.59. The van der Waals surface area contributed by atoms with Gasteiger partial charge in [-0.05, 0) is 32.4 Å². The molecule has 26 heavy (non-hydrogen) atoms. The van der Waals surface area contributed by atoms with E-state index >= 15 is 0 Å². The second kappa shape index (κ2) is 8.25. The van der Waals surface area contributed by atoms with Crippen molar-refractivity contribution in [2.45, 2.75) is 33.2 Å². The molecule has 1 N–H and O–H groups in total. The van der Waals surface area contributed by atoms with Crippen molar-refractivity contribution >= 4 is 17.5 Å². The topological polar surface area (TPSA) is 53.5 Å². The first-order valence-corrected chi connectivity index (χ1v) is 9.36. The molecule has 1 fully saturated rings. The summed E-state index contributed by atoms with van der Waals surface area (Å²) in [6.45, 7) is 10.1. The summed E-state index contributed by atoms with van der Waals surface area (Å²) in [4.78, 5) is 14.0. The van der Waals surface area contributed by atoms with Gasteiger partial charge in [0.15, 0.2) is 0 Å². The van der Waals surface area contributed by atoms with Crippen molar-refractivity contribution in [3.05, 3.63) is 36.0 Å². The Balaban J connectivity index is 1.70. The molecule has 2 heterocycles. The molecule has 1 aromatic heterocycles. The predicted molar refractivity (Wildman–Crippen MR) is 108 cm³/mol. The van der Waals surface area contributed by atoms with Gasteiger partial charge in [-0.25, -0.2) is 4.98 Å². The van der Waals surface area contributed by atoms with Gasteiger partial charge < -0.3 is 19.9 Å². The molecule has 0 spiro atoms. The van der Waals surface area contributed by atoms with Crippen LogP contribution in [0.2, 0.25) is 0 Å². The van der Waals surface area contributed by atoms with E-state index in [0.29, 0.717) is 6.04 Å². The zero-order valence-electron chi connectivity index (χ0n) is 16.2. The molecule has 6 nitrogen and oxygen atoms in total. The third-order valence-electron chi connectivity index (χ3n) is 4.86. The van der Waals surface area contributed by atoms with E-state index in [9.17, 15) is 0 Å². The van der Waals surface area contributed by atoms with Crippen molar-refractivity contribution in [3.63, 3.8) is 0 Å². The lowest BCUT2D eigenvalue weighted by molar-refractivity contribution is 0.413. The molecular formula is C20H29N5O. The number of methoxy groups -OCH3 is 1. The van der Waals surface area contributed by atoms with Crippen LogP contribution < -0.4 is 19.9 Å². The van der Waals surface area contributed by atoms with E-state index in [2.05, 4.69) is 52.1 Å². The fourth-order valence-corrected chi connectivity index (χ4v) is 3.17. The van der Waals surface area contributed by atoms with Crippen molar-refractivity contribution < 1.29 is 4.74 Å². The summed E-state index contributed by atoms with van der Waals surface area (Å²) in [5.41, 5.74) is 2.15. The van der Waals surface area contributed by atoms with E-state index < -0.39 is 0 Å². The van der Waals surface area contributed by atoms with E-state index in [1.807, 2.05) is 19.1 Å². The maximum Gasteiger partial charge on any atom is 0.225 e. The molecule has 0 radical (unpaired) electrons. The van der Waals surface area contributed by atoms with E-state index in [1.54, 1.807) is 7.11 Å². The average Bonchev–Trinajstić information content (AvgIpc) is 2.67. The number of nitrogens with one attached hydrogen (secondary N) is 1. The molecule has 0 amide bonds. The summed E-state index contributed by atoms with van der Waals surface area (Å²) < 4.78 is 5.50. The van der Waals surface area contributed by atoms with E-state index in [4.69, 9.17) is 9.72 Å². The number of piperazine rings is 1. The van der Waals surface area contributed by atoms with Gasteiger partial charge in [-0.1, -0.05) is 19.1 Å². The van der Waals surface area contributed by atoms with Crippen LogP contribution in [0.25, 0.3) is 0 Å². The maximum absolute atomic E-state index is 5.50. The lowest BCUT2D eigenvalue weighted by Gasteiger charge is -2.37. The molecule has 0 saturated carbocycles. The lowest BCUT2D eigenvalue weighted by Crippen LogP contribution is -2.47. The number of rotatable bonds is 6. The van der Waals surface area contributed by atoms with Gasteiger partial charge in [0.25, 0.3) is 0 Å². The van der Waals surface area contributed by atoms with Crippen molar-refractivity contribution in [2.75, 3.05) is 48.4 Å². The number of hydrogen-bond acceptors (Lipinski definition) is 6. The smallest absolute Gasteiger partial charge is 0.225 e. The van der Waals surface area contributed by atoms with Crippen LogP contribution >= 0.6 is 0 Å². The minimum absolute atomic E-state index is 0.368. The Hall–Kier alpha value is -2.50. The summed E-state index contributed by atoms with van der Waals surface area (Å²) in [5.74, 6) is 2.66. The van der Waals surface area contributed by atoms with Crippen LogP contribution in [-0.2, 0) is 0 Å². The number of ether oxygens (including phenoxy) is 1. The van der Waals surface area contributed by atoms with Gasteiger partial charge in [0, 0.05) is 44.0 Å². The fourth-order valence-electron chi connectivity index (χ4n) is 3.17. The number of anilines is 3. The minimum atomic E-state index is 0.368. The van der Waals surface area contributed by atoms with Gasteiger partial charge >= 0.3 is 0 Å². The Kier molecular flexibility index (Phi) is 5.81. The van der Waals surface area contributed by atoms with Crippen LogP contribution in [0.4, 0.5) is 17.5 Å². The zero-order chi connectivity index (χ0) is 18.5. The summed E-state index contributed by atoms with van der Waals surface area (Å²) in [5, 5.41) is 3.39. The van der Waals surface area contributed by atoms with Crippen molar-refractivity contribution in [3.8, 4) is 5.75 Å². The third-order valence-corrected chi connectivity index (χ3v) is 4.86. The van der Waals surface area contributed by atoms with Gasteiger partial charge in [-0.2, -0.15) is 4.98 Å². The molecule has 1 saturated heterocycles. The van der Waals surface area contributed by atoms with E-state index in [0.717, 1.165) is 61.5 Å². The molecule has 2 aromatic rings. The molecule has 1 unspecified atom stereocenters. The maximum atomic E-state index is 5.50. The van der Waals surface area contributed by atoms with Crippen molar-refractivity contribution in [1.29, 1.82) is 0 Å². The SMILES string of the molecule is CCC(C)Nc1nc(C)cc(N2CCN(c3ccccc3OC)CC2)n1. The molecule has 140 valence electrons. The minimum Gasteiger partial charge on any atom is -0.495 e. The lowest BCUT2D eigenvalue weighted by atomic mass is 10.2. The Bertz CT molecular complexity index is 728. The first kappa shape index (κ1) is 18.3.